The molecule has 0 radical (unpaired) electrons. The van der Waals surface area contributed by atoms with Crippen LogP contribution in [0.25, 0.3) is 65.2 Å². The van der Waals surface area contributed by atoms with Crippen molar-refractivity contribution >= 4 is 46.1 Å². The van der Waals surface area contributed by atoms with Crippen LogP contribution >= 0.6 is 22.7 Å². The highest BCUT2D eigenvalue weighted by Crippen LogP contribution is 2.51. The smallest absolute Gasteiger partial charge is 0.299 e. The normalized spacial score (nSPS) is 14.3. The van der Waals surface area contributed by atoms with Crippen LogP contribution in [0, 0.1) is 11.3 Å². The highest BCUT2D eigenvalue weighted by atomic mass is 32.1. The molecule has 0 unspecified atom stereocenters. The first kappa shape index (κ1) is 30.6. The molecule has 0 spiro atoms. The van der Waals surface area contributed by atoms with Crippen molar-refractivity contribution in [1.29, 1.82) is 5.26 Å². The Kier molecular flexibility index (Phi) is 7.24. The lowest BCUT2D eigenvalue weighted by Crippen LogP contribution is -2.15. The molecule has 50 heavy (non-hydrogen) atoms. The van der Waals surface area contributed by atoms with Crippen LogP contribution in [0.2, 0.25) is 0 Å². The number of fused-ring (bicyclic) bond motifs is 3. The quantitative estimate of drug-likeness (QED) is 0.0954. The van der Waals surface area contributed by atoms with Crippen LogP contribution in [0.3, 0.4) is 0 Å². The molecule has 0 fully saturated rings. The Balaban J connectivity index is 1.19. The first-order chi connectivity index (χ1) is 24.5. The molecular weight excluding hydrogens is 653 g/mol. The summed E-state index contributed by atoms with van der Waals surface area (Å²) < 4.78 is 7.31. The van der Waals surface area contributed by atoms with Crippen LogP contribution < -0.4 is 0 Å². The number of carbonyl (C=O) groups is 1. The fourth-order valence-corrected chi connectivity index (χ4v) is 10.2. The highest BCUT2D eigenvalue weighted by Gasteiger charge is 2.36. The van der Waals surface area contributed by atoms with Crippen molar-refractivity contribution in [2.75, 3.05) is 0 Å². The van der Waals surface area contributed by atoms with Crippen molar-refractivity contribution in [1.82, 2.24) is 4.57 Å². The lowest BCUT2D eigenvalue weighted by Gasteiger charge is -2.22. The molecule has 7 aromatic rings. The van der Waals surface area contributed by atoms with Gasteiger partial charge in [0.25, 0.3) is 6.47 Å². The van der Waals surface area contributed by atoms with E-state index in [1.807, 2.05) is 12.1 Å². The Morgan fingerprint density at radius 1 is 0.780 bits per heavy atom. The minimum Gasteiger partial charge on any atom is -0.417 e. The van der Waals surface area contributed by atoms with E-state index in [1.54, 1.807) is 28.7 Å². The number of carbonyl (C=O) groups excluding carboxylic acids is 1. The third-order valence-corrected chi connectivity index (χ3v) is 12.7. The van der Waals surface area contributed by atoms with E-state index in [2.05, 4.69) is 122 Å². The van der Waals surface area contributed by atoms with Gasteiger partial charge in [-0.15, -0.1) is 22.7 Å². The number of aromatic nitrogens is 1. The number of allylic oxidation sites excluding steroid dienone is 1. The largest absolute Gasteiger partial charge is 0.417 e. The number of nitriles is 1. The van der Waals surface area contributed by atoms with Crippen LogP contribution in [-0.4, -0.2) is 11.0 Å². The molecule has 0 aliphatic heterocycles. The van der Waals surface area contributed by atoms with Gasteiger partial charge in [-0.1, -0.05) is 80.6 Å². The molecule has 4 aromatic carbocycles. The standard InChI is InChI=1S/C44H32N2O2S2/c1-44(2)36-14-7-6-11-31(36)32-17-15-28(23-37(32)44)46-38-19-18-33(34-12-8-13-35(42(34)38)43(46)27-9-4-3-5-10-27)39-21-22-41(50-39)40-20-16-30(49-40)24-29(25-45)48-26-47/h3-7,9-11,14-24,26H,8,12-13H2,1-2H3/b29-24+. The number of benzene rings is 4. The molecule has 3 aromatic heterocycles. The molecule has 242 valence electrons. The Bertz CT molecular complexity index is 2560. The molecule has 9 rings (SSSR count). The third-order valence-electron chi connectivity index (χ3n) is 10.4. The zero-order valence-corrected chi connectivity index (χ0v) is 29.3. The second kappa shape index (κ2) is 11.8. The summed E-state index contributed by atoms with van der Waals surface area (Å²) in [7, 11) is 0. The molecule has 0 saturated carbocycles. The van der Waals surface area contributed by atoms with Gasteiger partial charge in [0.2, 0.25) is 5.76 Å². The summed E-state index contributed by atoms with van der Waals surface area (Å²) in [6.07, 6.45) is 4.80. The van der Waals surface area contributed by atoms with Crippen molar-refractivity contribution in [3.63, 3.8) is 0 Å². The summed E-state index contributed by atoms with van der Waals surface area (Å²) in [5.41, 5.74) is 14.6. The highest BCUT2D eigenvalue weighted by molar-refractivity contribution is 7.24. The van der Waals surface area contributed by atoms with Gasteiger partial charge in [-0.2, -0.15) is 5.26 Å². The predicted octanol–water partition coefficient (Wildman–Crippen LogP) is 11.6. The number of ether oxygens (including phenoxy) is 1. The van der Waals surface area contributed by atoms with Crippen LogP contribution in [-0.2, 0) is 27.8 Å². The van der Waals surface area contributed by atoms with E-state index in [9.17, 15) is 10.1 Å². The van der Waals surface area contributed by atoms with Crippen molar-refractivity contribution in [2.24, 2.45) is 0 Å². The first-order valence-corrected chi connectivity index (χ1v) is 18.5. The molecule has 0 amide bonds. The fourth-order valence-electron chi connectivity index (χ4n) is 8.16. The molecule has 0 N–H and O–H groups in total. The molecule has 2 aliphatic carbocycles. The maximum atomic E-state index is 10.7. The van der Waals surface area contributed by atoms with Gasteiger partial charge in [0.05, 0.1) is 11.2 Å². The summed E-state index contributed by atoms with van der Waals surface area (Å²) >= 11 is 3.38. The molecule has 0 saturated heterocycles. The number of thiophene rings is 2. The Labute approximate surface area is 299 Å². The number of aryl methyl sites for hydroxylation is 2. The maximum absolute atomic E-state index is 10.7. The molecule has 4 nitrogen and oxygen atoms in total. The second-order valence-electron chi connectivity index (χ2n) is 13.5. The number of rotatable bonds is 7. The van der Waals surface area contributed by atoms with Crippen LogP contribution in [0.5, 0.6) is 0 Å². The fraction of sp³-hybridized carbons (Fsp3) is 0.136. The SMILES string of the molecule is CC1(C)c2ccccc2-c2ccc(-n3c(-c4ccccc4)c4c5c(c(-c6ccc(-c7ccc(/C=C(\C#N)OC=O)s7)s6)ccc53)CCC4)cc21. The lowest BCUT2D eigenvalue weighted by atomic mass is 9.82. The molecule has 0 atom stereocenters. The predicted molar refractivity (Wildman–Crippen MR) is 206 cm³/mol. The maximum Gasteiger partial charge on any atom is 0.299 e. The summed E-state index contributed by atoms with van der Waals surface area (Å²) in [5, 5.41) is 10.7. The Morgan fingerprint density at radius 3 is 2.34 bits per heavy atom. The first-order valence-electron chi connectivity index (χ1n) is 16.9. The van der Waals surface area contributed by atoms with Gasteiger partial charge in [0.1, 0.15) is 6.07 Å². The molecule has 0 bridgehead atoms. The van der Waals surface area contributed by atoms with Gasteiger partial charge in [0, 0.05) is 42.1 Å². The van der Waals surface area contributed by atoms with E-state index in [1.165, 1.54) is 76.5 Å². The summed E-state index contributed by atoms with van der Waals surface area (Å²) in [4.78, 5) is 15.2. The average Bonchev–Trinajstić information content (AvgIpc) is 3.94. The Hall–Kier alpha value is -5.48. The second-order valence-corrected chi connectivity index (χ2v) is 15.7. The van der Waals surface area contributed by atoms with Gasteiger partial charge in [-0.05, 0) is 106 Å². The molecule has 2 aliphatic rings. The summed E-state index contributed by atoms with van der Waals surface area (Å²) in [6, 6.07) is 41.9. The van der Waals surface area contributed by atoms with E-state index in [0.717, 1.165) is 29.0 Å². The Morgan fingerprint density at radius 2 is 1.50 bits per heavy atom. The van der Waals surface area contributed by atoms with Crippen LogP contribution in [0.1, 0.15) is 47.4 Å². The van der Waals surface area contributed by atoms with Gasteiger partial charge in [-0.3, -0.25) is 4.79 Å². The zero-order chi connectivity index (χ0) is 34.0. The van der Waals surface area contributed by atoms with E-state index in [4.69, 9.17) is 4.74 Å². The molecule has 6 heteroatoms. The summed E-state index contributed by atoms with van der Waals surface area (Å²) in [6.45, 7) is 4.99. The molecule has 3 heterocycles. The van der Waals surface area contributed by atoms with E-state index in [0.29, 0.717) is 0 Å². The minimum atomic E-state index is -0.0787. The topological polar surface area (TPSA) is 55.0 Å². The third kappa shape index (κ3) is 4.73. The van der Waals surface area contributed by atoms with E-state index >= 15 is 0 Å². The van der Waals surface area contributed by atoms with Crippen molar-refractivity contribution in [3.8, 4) is 54.3 Å². The minimum absolute atomic E-state index is 0.0148. The monoisotopic (exact) mass is 684 g/mol. The van der Waals surface area contributed by atoms with Crippen LogP contribution in [0.4, 0.5) is 0 Å². The molecular formula is C44H32N2O2S2. The number of hydrogen-bond acceptors (Lipinski definition) is 5. The van der Waals surface area contributed by atoms with Crippen molar-refractivity contribution < 1.29 is 9.53 Å². The van der Waals surface area contributed by atoms with Gasteiger partial charge >= 0.3 is 0 Å². The van der Waals surface area contributed by atoms with E-state index < -0.39 is 0 Å². The summed E-state index contributed by atoms with van der Waals surface area (Å²) in [5.74, 6) is -0.0148. The van der Waals surface area contributed by atoms with Crippen molar-refractivity contribution in [2.45, 2.75) is 38.5 Å². The van der Waals surface area contributed by atoms with E-state index in [-0.39, 0.29) is 17.6 Å². The van der Waals surface area contributed by atoms with Crippen molar-refractivity contribution in [3.05, 3.63) is 142 Å². The van der Waals surface area contributed by atoms with Gasteiger partial charge < -0.3 is 9.30 Å². The lowest BCUT2D eigenvalue weighted by molar-refractivity contribution is -0.124. The van der Waals surface area contributed by atoms with Crippen LogP contribution in [0.15, 0.2) is 115 Å². The van der Waals surface area contributed by atoms with Gasteiger partial charge in [-0.25, -0.2) is 0 Å². The zero-order valence-electron chi connectivity index (χ0n) is 27.7. The average molecular weight is 685 g/mol. The number of nitrogens with zero attached hydrogens (tertiary/aromatic N) is 2. The number of hydrogen-bond donors (Lipinski definition) is 0. The van der Waals surface area contributed by atoms with Gasteiger partial charge in [0.15, 0.2) is 0 Å².